The maximum absolute atomic E-state index is 12.3. The minimum atomic E-state index is -0.320. The van der Waals surface area contributed by atoms with Crippen molar-refractivity contribution < 1.29 is 14.4 Å². The summed E-state index contributed by atoms with van der Waals surface area (Å²) in [7, 11) is 0. The molecule has 3 amide bonds. The van der Waals surface area contributed by atoms with Crippen molar-refractivity contribution in [2.24, 2.45) is 0 Å². The first-order valence-electron chi connectivity index (χ1n) is 7.27. The fraction of sp³-hybridized carbons (Fsp3) is 0.118. The van der Waals surface area contributed by atoms with E-state index in [-0.39, 0.29) is 30.1 Å². The Balaban J connectivity index is 1.59. The van der Waals surface area contributed by atoms with Gasteiger partial charge in [-0.1, -0.05) is 36.4 Å². The van der Waals surface area contributed by atoms with Crippen LogP contribution in [0.2, 0.25) is 0 Å². The van der Waals surface area contributed by atoms with Gasteiger partial charge < -0.3 is 5.32 Å². The summed E-state index contributed by atoms with van der Waals surface area (Å²) in [6, 6.07) is 12.9. The molecule has 1 aliphatic heterocycles. The highest BCUT2D eigenvalue weighted by molar-refractivity contribution is 8.18. The fourth-order valence-corrected chi connectivity index (χ4v) is 3.67. The highest BCUT2D eigenvalue weighted by Gasteiger charge is 2.34. The molecule has 0 radical (unpaired) electrons. The van der Waals surface area contributed by atoms with Gasteiger partial charge in [-0.15, -0.1) is 11.3 Å². The van der Waals surface area contributed by atoms with Crippen molar-refractivity contribution in [3.63, 3.8) is 0 Å². The normalized spacial score (nSPS) is 16.0. The van der Waals surface area contributed by atoms with Crippen molar-refractivity contribution in [2.45, 2.75) is 0 Å². The molecule has 0 saturated carbocycles. The van der Waals surface area contributed by atoms with Crippen molar-refractivity contribution >= 4 is 46.2 Å². The number of benzene rings is 1. The fourth-order valence-electron chi connectivity index (χ4n) is 2.17. The highest BCUT2D eigenvalue weighted by atomic mass is 32.2. The lowest BCUT2D eigenvalue weighted by Gasteiger charge is -2.12. The topological polar surface area (TPSA) is 66.5 Å². The van der Waals surface area contributed by atoms with Gasteiger partial charge in [-0.25, -0.2) is 0 Å². The van der Waals surface area contributed by atoms with Gasteiger partial charge in [-0.3, -0.25) is 19.3 Å². The second-order valence-electron chi connectivity index (χ2n) is 4.98. The Hall–Kier alpha value is -2.38. The number of carbonyl (C=O) groups is 3. The maximum Gasteiger partial charge on any atom is 0.293 e. The number of hydrogen-bond acceptors (Lipinski definition) is 5. The van der Waals surface area contributed by atoms with Gasteiger partial charge in [0.2, 0.25) is 0 Å². The first-order chi connectivity index (χ1) is 11.6. The second kappa shape index (κ2) is 7.46. The second-order valence-corrected chi connectivity index (χ2v) is 6.92. The summed E-state index contributed by atoms with van der Waals surface area (Å²) < 4.78 is 0. The van der Waals surface area contributed by atoms with Crippen LogP contribution in [0.3, 0.4) is 0 Å². The van der Waals surface area contributed by atoms with Crippen LogP contribution in [0.15, 0.2) is 52.7 Å². The minimum Gasteiger partial charge on any atom is -0.350 e. The first-order valence-corrected chi connectivity index (χ1v) is 8.97. The zero-order valence-corrected chi connectivity index (χ0v) is 14.2. The molecule has 1 aromatic carbocycles. The van der Waals surface area contributed by atoms with E-state index in [2.05, 4.69) is 5.32 Å². The number of rotatable bonds is 5. The molecule has 3 rings (SSSR count). The molecule has 1 saturated heterocycles. The molecule has 0 spiro atoms. The Bertz CT molecular complexity index is 785. The summed E-state index contributed by atoms with van der Waals surface area (Å²) in [5.41, 5.74) is 0.869. The van der Waals surface area contributed by atoms with Crippen LogP contribution in [0.5, 0.6) is 0 Å². The molecule has 5 nitrogen and oxygen atoms in total. The lowest BCUT2D eigenvalue weighted by atomic mass is 10.2. The molecule has 0 atom stereocenters. The number of nitrogens with zero attached hydrogens (tertiary/aromatic N) is 1. The molecule has 2 aromatic rings. The molecule has 0 unspecified atom stereocenters. The van der Waals surface area contributed by atoms with Crippen LogP contribution in [0, 0.1) is 0 Å². The van der Waals surface area contributed by atoms with Crippen LogP contribution in [-0.2, 0) is 4.79 Å². The van der Waals surface area contributed by atoms with E-state index in [0.717, 1.165) is 22.2 Å². The molecule has 7 heteroatoms. The Morgan fingerprint density at radius 1 is 1.12 bits per heavy atom. The van der Waals surface area contributed by atoms with E-state index >= 15 is 0 Å². The standard InChI is InChI=1S/C17H14N2O3S2/c20-15(13-7-4-10-23-13)18-8-9-19-16(21)14(24-17(19)22)11-12-5-2-1-3-6-12/h1-7,10-11H,8-9H2,(H,18,20). The van der Waals surface area contributed by atoms with Crippen LogP contribution in [-0.4, -0.2) is 35.0 Å². The molecule has 1 N–H and O–H groups in total. The summed E-state index contributed by atoms with van der Waals surface area (Å²) in [5.74, 6) is -0.518. The third kappa shape index (κ3) is 3.74. The molecule has 0 aliphatic carbocycles. The van der Waals surface area contributed by atoms with E-state index in [0.29, 0.717) is 9.78 Å². The van der Waals surface area contributed by atoms with Crippen molar-refractivity contribution in [2.75, 3.05) is 13.1 Å². The Kier molecular flexibility index (Phi) is 5.12. The molecule has 2 heterocycles. The lowest BCUT2D eigenvalue weighted by molar-refractivity contribution is -0.122. The van der Waals surface area contributed by atoms with Gasteiger partial charge in [0.1, 0.15) is 0 Å². The molecule has 1 aliphatic rings. The quantitative estimate of drug-likeness (QED) is 0.834. The van der Waals surface area contributed by atoms with Gasteiger partial charge in [0, 0.05) is 13.1 Å². The maximum atomic E-state index is 12.3. The summed E-state index contributed by atoms with van der Waals surface area (Å²) in [6.45, 7) is 0.390. The largest absolute Gasteiger partial charge is 0.350 e. The van der Waals surface area contributed by atoms with E-state index in [1.165, 1.54) is 11.3 Å². The SMILES string of the molecule is O=C(NCCN1C(=O)SC(=Cc2ccccc2)C1=O)c1cccs1. The van der Waals surface area contributed by atoms with Crippen LogP contribution in [0.25, 0.3) is 6.08 Å². The lowest BCUT2D eigenvalue weighted by Crippen LogP contribution is -2.37. The van der Waals surface area contributed by atoms with Gasteiger partial charge in [0.05, 0.1) is 9.78 Å². The average molecular weight is 358 g/mol. The third-order valence-corrected chi connectivity index (χ3v) is 5.11. The Labute approximate surface area is 147 Å². The van der Waals surface area contributed by atoms with E-state index in [4.69, 9.17) is 0 Å². The van der Waals surface area contributed by atoms with Crippen molar-refractivity contribution in [3.05, 3.63) is 63.2 Å². The molecule has 1 aromatic heterocycles. The van der Waals surface area contributed by atoms with Crippen molar-refractivity contribution in [1.82, 2.24) is 10.2 Å². The van der Waals surface area contributed by atoms with E-state index in [9.17, 15) is 14.4 Å². The van der Waals surface area contributed by atoms with Gasteiger partial charge in [-0.2, -0.15) is 0 Å². The zero-order valence-electron chi connectivity index (χ0n) is 12.6. The van der Waals surface area contributed by atoms with Crippen LogP contribution in [0.4, 0.5) is 4.79 Å². The summed E-state index contributed by atoms with van der Waals surface area (Å²) in [5, 5.41) is 4.22. The van der Waals surface area contributed by atoms with Crippen molar-refractivity contribution in [3.8, 4) is 0 Å². The molecule has 0 bridgehead atoms. The van der Waals surface area contributed by atoms with Crippen LogP contribution < -0.4 is 5.32 Å². The third-order valence-electron chi connectivity index (χ3n) is 3.34. The number of nitrogens with one attached hydrogen (secondary N) is 1. The number of hydrogen-bond donors (Lipinski definition) is 1. The first kappa shape index (κ1) is 16.5. The number of imide groups is 1. The summed E-state index contributed by atoms with van der Waals surface area (Å²) in [6.07, 6.45) is 1.70. The summed E-state index contributed by atoms with van der Waals surface area (Å²) in [4.78, 5) is 38.3. The van der Waals surface area contributed by atoms with Crippen molar-refractivity contribution in [1.29, 1.82) is 0 Å². The molecular weight excluding hydrogens is 344 g/mol. The van der Waals surface area contributed by atoms with E-state index in [1.54, 1.807) is 18.2 Å². The summed E-state index contributed by atoms with van der Waals surface area (Å²) >= 11 is 2.26. The van der Waals surface area contributed by atoms with E-state index in [1.807, 2.05) is 35.7 Å². The number of amides is 3. The zero-order chi connectivity index (χ0) is 16.9. The molecule has 24 heavy (non-hydrogen) atoms. The monoisotopic (exact) mass is 358 g/mol. The molecule has 122 valence electrons. The predicted molar refractivity (Wildman–Crippen MR) is 95.8 cm³/mol. The smallest absolute Gasteiger partial charge is 0.293 e. The number of thioether (sulfide) groups is 1. The van der Waals surface area contributed by atoms with Gasteiger partial charge in [0.25, 0.3) is 17.1 Å². The Morgan fingerprint density at radius 2 is 1.92 bits per heavy atom. The van der Waals surface area contributed by atoms with Crippen LogP contribution in [0.1, 0.15) is 15.2 Å². The Morgan fingerprint density at radius 3 is 2.62 bits per heavy atom. The molecule has 1 fully saturated rings. The van der Waals surface area contributed by atoms with Crippen LogP contribution >= 0.6 is 23.1 Å². The number of thiophene rings is 1. The van der Waals surface area contributed by atoms with E-state index < -0.39 is 0 Å². The van der Waals surface area contributed by atoms with Gasteiger partial charge in [0.15, 0.2) is 0 Å². The highest BCUT2D eigenvalue weighted by Crippen LogP contribution is 2.31. The van der Waals surface area contributed by atoms with Gasteiger partial charge in [-0.05, 0) is 34.8 Å². The average Bonchev–Trinajstić information content (AvgIpc) is 3.20. The predicted octanol–water partition coefficient (Wildman–Crippen LogP) is 3.21. The molecular formula is C17H14N2O3S2. The minimum absolute atomic E-state index is 0.161. The van der Waals surface area contributed by atoms with Gasteiger partial charge >= 0.3 is 0 Å². The number of carbonyl (C=O) groups excluding carboxylic acids is 3.